The molecular weight excluding hydrogens is 344 g/mol. The van der Waals surface area contributed by atoms with Gasteiger partial charge in [-0.1, -0.05) is 12.1 Å². The number of fused-ring (bicyclic) bond motifs is 2. The first-order valence-corrected chi connectivity index (χ1v) is 8.76. The fourth-order valence-electron chi connectivity index (χ4n) is 2.55. The minimum atomic E-state index is 0.0854. The van der Waals surface area contributed by atoms with Gasteiger partial charge in [-0.15, -0.1) is 10.2 Å². The number of hydrogen-bond acceptors (Lipinski definition) is 6. The van der Waals surface area contributed by atoms with Crippen LogP contribution in [-0.2, 0) is 0 Å². The molecule has 0 fully saturated rings. The Kier molecular flexibility index (Phi) is 5.35. The van der Waals surface area contributed by atoms with E-state index in [9.17, 15) is 0 Å². The summed E-state index contributed by atoms with van der Waals surface area (Å²) in [5.41, 5.74) is 14.7. The fourth-order valence-corrected chi connectivity index (χ4v) is 2.55. The first kappa shape index (κ1) is 18.4. The van der Waals surface area contributed by atoms with Gasteiger partial charge in [0.1, 0.15) is 11.4 Å². The zero-order chi connectivity index (χ0) is 19.4. The van der Waals surface area contributed by atoms with Crippen LogP contribution in [0.4, 0.5) is 11.4 Å². The van der Waals surface area contributed by atoms with Crippen LogP contribution in [0.2, 0.25) is 0 Å². The molecule has 0 bridgehead atoms. The largest absolute Gasteiger partial charge is 0.475 e. The molecule has 4 aromatic rings. The molecule has 0 unspecified atom stereocenters. The van der Waals surface area contributed by atoms with E-state index >= 15 is 0 Å². The molecule has 142 valence electrons. The maximum Gasteiger partial charge on any atom is 0.257 e. The van der Waals surface area contributed by atoms with E-state index in [1.807, 2.05) is 69.6 Å². The Labute approximate surface area is 157 Å². The highest BCUT2D eigenvalue weighted by Gasteiger charge is 2.11. The van der Waals surface area contributed by atoms with Crippen molar-refractivity contribution < 1.29 is 9.47 Å². The van der Waals surface area contributed by atoms with Crippen molar-refractivity contribution in [1.29, 1.82) is 0 Å². The molecule has 0 aliphatic rings. The standard InChI is InChI=1S/C10H13N3O.C9H11N3O/c1-7(2)14-10-9(11)8-5-3-4-6-13(8)12-10;1-2-13-9-8(10)7-5-3-4-6-12(7)11-9/h3-7H,11H2,1-2H3;3-6H,2,10H2,1H3. The molecule has 8 nitrogen and oxygen atoms in total. The summed E-state index contributed by atoms with van der Waals surface area (Å²) < 4.78 is 14.2. The van der Waals surface area contributed by atoms with Crippen LogP contribution in [0.3, 0.4) is 0 Å². The molecule has 0 aliphatic heterocycles. The second-order valence-electron chi connectivity index (χ2n) is 6.10. The van der Waals surface area contributed by atoms with Gasteiger partial charge >= 0.3 is 0 Å². The van der Waals surface area contributed by atoms with Gasteiger partial charge in [0.25, 0.3) is 11.8 Å². The molecule has 0 aromatic carbocycles. The van der Waals surface area contributed by atoms with Gasteiger partial charge in [0, 0.05) is 12.4 Å². The summed E-state index contributed by atoms with van der Waals surface area (Å²) in [6.45, 7) is 6.38. The quantitative estimate of drug-likeness (QED) is 0.574. The molecule has 4 rings (SSSR count). The summed E-state index contributed by atoms with van der Waals surface area (Å²) in [5, 5.41) is 8.39. The van der Waals surface area contributed by atoms with Crippen LogP contribution in [0.1, 0.15) is 20.8 Å². The molecule has 0 atom stereocenters. The highest BCUT2D eigenvalue weighted by Crippen LogP contribution is 2.25. The van der Waals surface area contributed by atoms with Gasteiger partial charge in [-0.25, -0.2) is 9.03 Å². The number of pyridine rings is 2. The Hall–Kier alpha value is -3.42. The minimum absolute atomic E-state index is 0.0854. The zero-order valence-corrected chi connectivity index (χ0v) is 15.7. The summed E-state index contributed by atoms with van der Waals surface area (Å²) in [6, 6.07) is 11.5. The molecule has 4 N–H and O–H groups in total. The van der Waals surface area contributed by atoms with Gasteiger partial charge < -0.3 is 20.9 Å². The third-order valence-electron chi connectivity index (χ3n) is 3.72. The lowest BCUT2D eigenvalue weighted by molar-refractivity contribution is 0.233. The second kappa shape index (κ2) is 7.86. The zero-order valence-electron chi connectivity index (χ0n) is 15.7. The molecule has 0 spiro atoms. The third kappa shape index (κ3) is 3.89. The Balaban J connectivity index is 0.000000156. The SMILES string of the molecule is CC(C)Oc1nn2ccccc2c1N.CCOc1nn2ccccc2c1N. The van der Waals surface area contributed by atoms with E-state index in [0.717, 1.165) is 11.0 Å². The van der Waals surface area contributed by atoms with Crippen molar-refractivity contribution in [3.63, 3.8) is 0 Å². The van der Waals surface area contributed by atoms with E-state index in [1.54, 1.807) is 9.03 Å². The Morgan fingerprint density at radius 3 is 1.89 bits per heavy atom. The summed E-state index contributed by atoms with van der Waals surface area (Å²) in [5.74, 6) is 1.01. The van der Waals surface area contributed by atoms with E-state index in [2.05, 4.69) is 10.2 Å². The van der Waals surface area contributed by atoms with Crippen LogP contribution >= 0.6 is 0 Å². The number of hydrogen-bond donors (Lipinski definition) is 2. The number of nitrogens with two attached hydrogens (primary N) is 2. The average molecular weight is 368 g/mol. The van der Waals surface area contributed by atoms with E-state index in [0.29, 0.717) is 29.7 Å². The molecule has 8 heteroatoms. The lowest BCUT2D eigenvalue weighted by Gasteiger charge is -2.05. The van der Waals surface area contributed by atoms with Crippen molar-refractivity contribution >= 4 is 22.4 Å². The van der Waals surface area contributed by atoms with E-state index in [4.69, 9.17) is 20.9 Å². The van der Waals surface area contributed by atoms with Gasteiger partial charge in [-0.05, 0) is 45.0 Å². The van der Waals surface area contributed by atoms with Gasteiger partial charge in [0.05, 0.1) is 23.7 Å². The molecular formula is C19H24N6O2. The van der Waals surface area contributed by atoms with Crippen LogP contribution in [-0.4, -0.2) is 31.9 Å². The van der Waals surface area contributed by atoms with Crippen molar-refractivity contribution in [2.24, 2.45) is 0 Å². The number of nitrogens with zero attached hydrogens (tertiary/aromatic N) is 4. The van der Waals surface area contributed by atoms with Crippen LogP contribution in [0, 0.1) is 0 Å². The number of nitrogen functional groups attached to an aromatic ring is 2. The summed E-state index contributed by atoms with van der Waals surface area (Å²) in [6.07, 6.45) is 3.77. The third-order valence-corrected chi connectivity index (χ3v) is 3.72. The Morgan fingerprint density at radius 1 is 0.889 bits per heavy atom. The molecule has 0 saturated carbocycles. The van der Waals surface area contributed by atoms with Crippen molar-refractivity contribution in [3.8, 4) is 11.8 Å². The lowest BCUT2D eigenvalue weighted by atomic mass is 10.3. The molecule has 4 aromatic heterocycles. The smallest absolute Gasteiger partial charge is 0.257 e. The predicted molar refractivity (Wildman–Crippen MR) is 106 cm³/mol. The second-order valence-corrected chi connectivity index (χ2v) is 6.10. The molecule has 0 amide bonds. The number of aromatic nitrogens is 4. The normalized spacial score (nSPS) is 10.8. The molecule has 0 radical (unpaired) electrons. The highest BCUT2D eigenvalue weighted by atomic mass is 16.5. The minimum Gasteiger partial charge on any atom is -0.475 e. The van der Waals surface area contributed by atoms with Crippen molar-refractivity contribution in [2.45, 2.75) is 26.9 Å². The van der Waals surface area contributed by atoms with E-state index in [-0.39, 0.29) is 6.10 Å². The van der Waals surface area contributed by atoms with Crippen LogP contribution < -0.4 is 20.9 Å². The molecule has 0 saturated heterocycles. The average Bonchev–Trinajstić information content (AvgIpc) is 3.14. The summed E-state index contributed by atoms with van der Waals surface area (Å²) in [7, 11) is 0. The maximum absolute atomic E-state index is 5.88. The predicted octanol–water partition coefficient (Wildman–Crippen LogP) is 3.02. The van der Waals surface area contributed by atoms with Crippen LogP contribution in [0.5, 0.6) is 11.8 Å². The highest BCUT2D eigenvalue weighted by molar-refractivity contribution is 5.75. The van der Waals surface area contributed by atoms with Crippen molar-refractivity contribution in [2.75, 3.05) is 18.1 Å². The van der Waals surface area contributed by atoms with Crippen molar-refractivity contribution in [1.82, 2.24) is 19.2 Å². The fraction of sp³-hybridized carbons (Fsp3) is 0.263. The van der Waals surface area contributed by atoms with Gasteiger partial charge in [-0.3, -0.25) is 0 Å². The Bertz CT molecular complexity index is 1040. The van der Waals surface area contributed by atoms with Crippen LogP contribution in [0.25, 0.3) is 11.0 Å². The molecule has 27 heavy (non-hydrogen) atoms. The monoisotopic (exact) mass is 368 g/mol. The topological polar surface area (TPSA) is 105 Å². The van der Waals surface area contributed by atoms with Crippen LogP contribution in [0.15, 0.2) is 48.8 Å². The number of anilines is 2. The van der Waals surface area contributed by atoms with Crippen molar-refractivity contribution in [3.05, 3.63) is 48.8 Å². The number of ether oxygens (including phenoxy) is 2. The number of rotatable bonds is 4. The first-order chi connectivity index (χ1) is 13.0. The summed E-state index contributed by atoms with van der Waals surface area (Å²) >= 11 is 0. The van der Waals surface area contributed by atoms with Gasteiger partial charge in [0.2, 0.25) is 0 Å². The molecule has 4 heterocycles. The van der Waals surface area contributed by atoms with E-state index < -0.39 is 0 Å². The summed E-state index contributed by atoms with van der Waals surface area (Å²) in [4.78, 5) is 0. The molecule has 0 aliphatic carbocycles. The Morgan fingerprint density at radius 2 is 1.41 bits per heavy atom. The first-order valence-electron chi connectivity index (χ1n) is 8.76. The van der Waals surface area contributed by atoms with Gasteiger partial charge in [0.15, 0.2) is 0 Å². The van der Waals surface area contributed by atoms with E-state index in [1.165, 1.54) is 0 Å². The lowest BCUT2D eigenvalue weighted by Crippen LogP contribution is -2.07. The maximum atomic E-state index is 5.88. The van der Waals surface area contributed by atoms with Gasteiger partial charge in [-0.2, -0.15) is 0 Å².